The lowest BCUT2D eigenvalue weighted by Gasteiger charge is -2.34. The number of nitrogens with zero attached hydrogens (tertiary/aromatic N) is 2. The minimum absolute atomic E-state index is 0.169. The zero-order valence-electron chi connectivity index (χ0n) is 21.0. The van der Waals surface area contributed by atoms with Crippen molar-refractivity contribution in [3.63, 3.8) is 0 Å². The van der Waals surface area contributed by atoms with E-state index >= 15 is 0 Å². The highest BCUT2D eigenvalue weighted by Gasteiger charge is 2.34. The van der Waals surface area contributed by atoms with Gasteiger partial charge in [0.05, 0.1) is 31.9 Å². The summed E-state index contributed by atoms with van der Waals surface area (Å²) >= 11 is 3.53. The number of halogens is 1. The summed E-state index contributed by atoms with van der Waals surface area (Å²) < 4.78 is 6.65. The van der Waals surface area contributed by atoms with E-state index in [-0.39, 0.29) is 12.5 Å². The molecule has 0 saturated carbocycles. The van der Waals surface area contributed by atoms with Crippen LogP contribution in [0.2, 0.25) is 0 Å². The summed E-state index contributed by atoms with van der Waals surface area (Å²) in [6.07, 6.45) is -0.279. The molecule has 8 nitrogen and oxygen atoms in total. The molecule has 1 aliphatic heterocycles. The van der Waals surface area contributed by atoms with Crippen molar-refractivity contribution in [2.24, 2.45) is 0 Å². The summed E-state index contributed by atoms with van der Waals surface area (Å²) in [7, 11) is 1.61. The zero-order valence-corrected chi connectivity index (χ0v) is 22.6. The second-order valence-electron chi connectivity index (χ2n) is 9.17. The highest BCUT2D eigenvalue weighted by atomic mass is 79.9. The Bertz CT molecular complexity index is 1330. The number of anilines is 1. The molecule has 1 unspecified atom stereocenters. The third-order valence-electron chi connectivity index (χ3n) is 6.85. The van der Waals surface area contributed by atoms with Crippen molar-refractivity contribution in [1.29, 1.82) is 0 Å². The number of para-hydroxylation sites is 1. The fourth-order valence-corrected chi connectivity index (χ4v) is 5.40. The Balaban J connectivity index is 1.74. The maximum absolute atomic E-state index is 14.0. The molecule has 0 radical (unpaired) electrons. The number of hydrogen-bond acceptors (Lipinski definition) is 5. The van der Waals surface area contributed by atoms with Crippen molar-refractivity contribution >= 4 is 50.7 Å². The van der Waals surface area contributed by atoms with E-state index in [9.17, 15) is 19.5 Å². The first-order valence-electron chi connectivity index (χ1n) is 12.1. The molecule has 0 spiro atoms. The van der Waals surface area contributed by atoms with Crippen molar-refractivity contribution in [2.45, 2.75) is 51.5 Å². The number of nitrogens with one attached hydrogen (secondary N) is 1. The number of carbonyl (C=O) groups excluding carboxylic acids is 2. The third kappa shape index (κ3) is 5.47. The number of ether oxygens (including phenoxy) is 1. The standard InChI is InChI=1S/C28H30BrN3O5/c1-17(16-33)32(28(35)36)18(2)30-24-12-8-19-6-4-5-7-25(19)31(27(24)34)15-23-22-11-10-21(29)14-20(22)9-13-26(23)37-3/h4-7,9-11,13-14,16-18,24,30H,8,12,15H2,1-3H3,(H,35,36)/t17?,18-,24-/m0/s1. The van der Waals surface area contributed by atoms with Gasteiger partial charge in [0, 0.05) is 15.7 Å². The molecule has 9 heteroatoms. The highest BCUT2D eigenvalue weighted by molar-refractivity contribution is 9.10. The van der Waals surface area contributed by atoms with Crippen LogP contribution in [0.15, 0.2) is 59.1 Å². The topological polar surface area (TPSA) is 99.2 Å². The van der Waals surface area contributed by atoms with Crippen LogP contribution in [0.3, 0.4) is 0 Å². The second kappa shape index (κ2) is 11.3. The maximum atomic E-state index is 14.0. The molecular formula is C28H30BrN3O5. The molecule has 1 aliphatic rings. The summed E-state index contributed by atoms with van der Waals surface area (Å²) in [5.74, 6) is 0.510. The summed E-state index contributed by atoms with van der Waals surface area (Å²) in [5.41, 5.74) is 2.73. The second-order valence-corrected chi connectivity index (χ2v) is 10.1. The SMILES string of the molecule is COc1ccc2cc(Br)ccc2c1CN1C(=O)[C@@H](N[C@H](C)N(C(=O)O)C(C)C=O)CCc2ccccc21. The molecule has 3 atom stereocenters. The van der Waals surface area contributed by atoms with Gasteiger partial charge in [-0.3, -0.25) is 15.0 Å². The van der Waals surface area contributed by atoms with Crippen molar-refractivity contribution < 1.29 is 24.2 Å². The number of hydrogen-bond donors (Lipinski definition) is 2. The molecule has 0 bridgehead atoms. The van der Waals surface area contributed by atoms with Crippen molar-refractivity contribution in [3.8, 4) is 5.75 Å². The van der Waals surface area contributed by atoms with Gasteiger partial charge in [0.25, 0.3) is 0 Å². The molecule has 3 aromatic rings. The van der Waals surface area contributed by atoms with Crippen molar-refractivity contribution in [3.05, 3.63) is 70.2 Å². The van der Waals surface area contributed by atoms with Gasteiger partial charge < -0.3 is 19.5 Å². The lowest BCUT2D eigenvalue weighted by molar-refractivity contribution is -0.121. The van der Waals surface area contributed by atoms with E-state index in [1.165, 1.54) is 6.92 Å². The first kappa shape index (κ1) is 26.6. The third-order valence-corrected chi connectivity index (χ3v) is 7.34. The summed E-state index contributed by atoms with van der Waals surface area (Å²) in [5, 5.41) is 14.9. The molecule has 37 heavy (non-hydrogen) atoms. The van der Waals surface area contributed by atoms with Gasteiger partial charge in [-0.2, -0.15) is 0 Å². The number of fused-ring (bicyclic) bond motifs is 2. The number of benzene rings is 3. The Morgan fingerprint density at radius 2 is 2.00 bits per heavy atom. The zero-order chi connectivity index (χ0) is 26.7. The minimum Gasteiger partial charge on any atom is -0.496 e. The molecule has 194 valence electrons. The predicted octanol–water partition coefficient (Wildman–Crippen LogP) is 4.96. The van der Waals surface area contributed by atoms with Crippen LogP contribution in [0.1, 0.15) is 31.4 Å². The van der Waals surface area contributed by atoms with Gasteiger partial charge in [-0.15, -0.1) is 0 Å². The average molecular weight is 568 g/mol. The number of amides is 2. The van der Waals surface area contributed by atoms with Crippen LogP contribution < -0.4 is 15.0 Å². The van der Waals surface area contributed by atoms with E-state index in [4.69, 9.17) is 4.74 Å². The van der Waals surface area contributed by atoms with Crippen LogP contribution in [-0.2, 0) is 22.6 Å². The molecule has 2 N–H and O–H groups in total. The molecule has 3 aromatic carbocycles. The quantitative estimate of drug-likeness (QED) is 0.295. The van der Waals surface area contributed by atoms with Gasteiger partial charge in [0.2, 0.25) is 5.91 Å². The van der Waals surface area contributed by atoms with Crippen LogP contribution in [0, 0.1) is 0 Å². The van der Waals surface area contributed by atoms with Crippen molar-refractivity contribution in [2.75, 3.05) is 12.0 Å². The van der Waals surface area contributed by atoms with E-state index in [1.807, 2.05) is 54.6 Å². The van der Waals surface area contributed by atoms with E-state index in [0.29, 0.717) is 24.9 Å². The number of rotatable bonds is 8. The van der Waals surface area contributed by atoms with Gasteiger partial charge in [0.15, 0.2) is 0 Å². The van der Waals surface area contributed by atoms with Crippen LogP contribution in [0.5, 0.6) is 5.75 Å². The fourth-order valence-electron chi connectivity index (χ4n) is 5.02. The van der Waals surface area contributed by atoms with Crippen LogP contribution in [-0.4, -0.2) is 53.7 Å². The number of aldehydes is 1. The number of methoxy groups -OCH3 is 1. The maximum Gasteiger partial charge on any atom is 0.409 e. The lowest BCUT2D eigenvalue weighted by Crippen LogP contribution is -2.57. The highest BCUT2D eigenvalue weighted by Crippen LogP contribution is 2.35. The molecule has 0 saturated heterocycles. The Morgan fingerprint density at radius 3 is 2.70 bits per heavy atom. The largest absolute Gasteiger partial charge is 0.496 e. The van der Waals surface area contributed by atoms with Gasteiger partial charge in [-0.05, 0) is 67.3 Å². The smallest absolute Gasteiger partial charge is 0.409 e. The molecular weight excluding hydrogens is 538 g/mol. The van der Waals surface area contributed by atoms with E-state index < -0.39 is 24.3 Å². The Hall–Kier alpha value is -3.43. The van der Waals surface area contributed by atoms with Crippen LogP contribution >= 0.6 is 15.9 Å². The Kier molecular flexibility index (Phi) is 8.14. The molecule has 1 heterocycles. The van der Waals surface area contributed by atoms with Gasteiger partial charge in [-0.25, -0.2) is 4.79 Å². The van der Waals surface area contributed by atoms with E-state index in [1.54, 1.807) is 18.9 Å². The lowest BCUT2D eigenvalue weighted by atomic mass is 10.0. The number of carbonyl (C=O) groups is 3. The monoisotopic (exact) mass is 567 g/mol. The van der Waals surface area contributed by atoms with Gasteiger partial charge >= 0.3 is 6.09 Å². The summed E-state index contributed by atoms with van der Waals surface area (Å²) in [4.78, 5) is 40.0. The number of aryl methyl sites for hydroxylation is 1. The van der Waals surface area contributed by atoms with Gasteiger partial charge in [0.1, 0.15) is 12.0 Å². The normalized spacial score (nSPS) is 17.0. The average Bonchev–Trinajstić information content (AvgIpc) is 3.00. The Morgan fingerprint density at radius 1 is 1.24 bits per heavy atom. The molecule has 2 amide bonds. The number of carboxylic acid groups (broad SMARTS) is 1. The first-order chi connectivity index (χ1) is 17.7. The van der Waals surface area contributed by atoms with E-state index in [2.05, 4.69) is 21.2 Å². The molecule has 4 rings (SSSR count). The first-order valence-corrected chi connectivity index (χ1v) is 12.9. The minimum atomic E-state index is -1.23. The van der Waals surface area contributed by atoms with Crippen LogP contribution in [0.4, 0.5) is 10.5 Å². The Labute approximate surface area is 224 Å². The molecule has 0 aliphatic carbocycles. The summed E-state index contributed by atoms with van der Waals surface area (Å²) in [6.45, 7) is 3.44. The summed E-state index contributed by atoms with van der Waals surface area (Å²) in [6, 6.07) is 16.2. The van der Waals surface area contributed by atoms with E-state index in [0.717, 1.165) is 37.0 Å². The van der Waals surface area contributed by atoms with Gasteiger partial charge in [-0.1, -0.05) is 46.3 Å². The van der Waals surface area contributed by atoms with Crippen LogP contribution in [0.25, 0.3) is 10.8 Å². The molecule has 0 fully saturated rings. The van der Waals surface area contributed by atoms with Crippen molar-refractivity contribution in [1.82, 2.24) is 10.2 Å². The predicted molar refractivity (Wildman–Crippen MR) is 146 cm³/mol. The molecule has 0 aromatic heterocycles. The fraction of sp³-hybridized carbons (Fsp3) is 0.321.